The molecule has 164 valence electrons. The predicted molar refractivity (Wildman–Crippen MR) is 121 cm³/mol. The lowest BCUT2D eigenvalue weighted by molar-refractivity contribution is -0.141. The number of benzene rings is 2. The molecule has 2 aromatic rings. The summed E-state index contributed by atoms with van der Waals surface area (Å²) >= 11 is 5.93. The Morgan fingerprint density at radius 2 is 1.68 bits per heavy atom. The first-order valence-electron chi connectivity index (χ1n) is 10.3. The zero-order chi connectivity index (χ0) is 22.6. The van der Waals surface area contributed by atoms with Gasteiger partial charge >= 0.3 is 0 Å². The molecule has 2 aromatic carbocycles. The van der Waals surface area contributed by atoms with Gasteiger partial charge in [0.15, 0.2) is 0 Å². The van der Waals surface area contributed by atoms with E-state index in [1.54, 1.807) is 34.1 Å². The van der Waals surface area contributed by atoms with Gasteiger partial charge in [-0.3, -0.25) is 19.3 Å². The van der Waals surface area contributed by atoms with Gasteiger partial charge in [-0.1, -0.05) is 62.7 Å². The number of hydrogen-bond acceptors (Lipinski definition) is 3. The lowest BCUT2D eigenvalue weighted by atomic mass is 9.91. The number of amides is 3. The molecule has 0 radical (unpaired) electrons. The molecule has 31 heavy (non-hydrogen) atoms. The van der Waals surface area contributed by atoms with Gasteiger partial charge in [0.25, 0.3) is 0 Å². The molecule has 7 heteroatoms. The van der Waals surface area contributed by atoms with E-state index in [2.05, 4.69) is 0 Å². The number of carbonyl (C=O) groups is 3. The molecule has 1 heterocycles. The molecule has 6 nitrogen and oxygen atoms in total. The number of halogens is 1. The summed E-state index contributed by atoms with van der Waals surface area (Å²) < 4.78 is 0. The first-order valence-corrected chi connectivity index (χ1v) is 10.7. The smallest absolute Gasteiger partial charge is 0.248 e. The van der Waals surface area contributed by atoms with Gasteiger partial charge in [-0.2, -0.15) is 0 Å². The third kappa shape index (κ3) is 6.31. The third-order valence-electron chi connectivity index (χ3n) is 5.01. The minimum atomic E-state index is -0.247. The number of hydrogen-bond donors (Lipinski definition) is 0. The van der Waals surface area contributed by atoms with Gasteiger partial charge in [0.2, 0.25) is 17.7 Å². The maximum absolute atomic E-state index is 13.0. The van der Waals surface area contributed by atoms with E-state index in [4.69, 9.17) is 11.6 Å². The van der Waals surface area contributed by atoms with Gasteiger partial charge in [0.05, 0.1) is 0 Å². The number of carbonyl (C=O) groups excluding carboxylic acids is 3. The highest BCUT2D eigenvalue weighted by molar-refractivity contribution is 6.30. The van der Waals surface area contributed by atoms with Crippen molar-refractivity contribution in [3.05, 3.63) is 65.2 Å². The monoisotopic (exact) mass is 441 g/mol. The molecule has 1 aliphatic rings. The van der Waals surface area contributed by atoms with Crippen LogP contribution in [0.5, 0.6) is 0 Å². The van der Waals surface area contributed by atoms with Crippen LogP contribution in [0.1, 0.15) is 32.8 Å². The quantitative estimate of drug-likeness (QED) is 0.682. The van der Waals surface area contributed by atoms with E-state index in [0.29, 0.717) is 23.7 Å². The van der Waals surface area contributed by atoms with E-state index in [1.807, 2.05) is 51.1 Å². The normalized spacial score (nSPS) is 14.1. The number of nitrogens with zero attached hydrogens (tertiary/aromatic N) is 3. The van der Waals surface area contributed by atoms with Gasteiger partial charge < -0.3 is 9.80 Å². The maximum atomic E-state index is 13.0. The van der Waals surface area contributed by atoms with Crippen molar-refractivity contribution in [1.82, 2.24) is 9.80 Å². The van der Waals surface area contributed by atoms with Crippen molar-refractivity contribution in [2.24, 2.45) is 5.41 Å². The summed E-state index contributed by atoms with van der Waals surface area (Å²) in [5.41, 5.74) is 1.46. The Balaban J connectivity index is 1.71. The van der Waals surface area contributed by atoms with E-state index in [0.717, 1.165) is 5.56 Å². The van der Waals surface area contributed by atoms with Crippen molar-refractivity contribution >= 4 is 35.0 Å². The molecule has 0 spiro atoms. The van der Waals surface area contributed by atoms with Crippen LogP contribution in [0.2, 0.25) is 5.02 Å². The second kappa shape index (κ2) is 9.52. The van der Waals surface area contributed by atoms with Crippen LogP contribution in [0.15, 0.2) is 54.6 Å². The summed E-state index contributed by atoms with van der Waals surface area (Å²) in [6.07, 6.45) is 0.336. The molecule has 3 amide bonds. The van der Waals surface area contributed by atoms with Crippen molar-refractivity contribution in [3.63, 3.8) is 0 Å². The van der Waals surface area contributed by atoms with Crippen molar-refractivity contribution in [2.45, 2.75) is 33.7 Å². The molecule has 3 rings (SSSR count). The van der Waals surface area contributed by atoms with Crippen molar-refractivity contribution in [2.75, 3.05) is 24.7 Å². The lowest BCUT2D eigenvalue weighted by Gasteiger charge is -2.28. The molecule has 1 saturated heterocycles. The standard InChI is InChI=1S/C24H28ClN3O3/c1-24(2,3)13-21(29)26(14-18-7-5-4-6-8-18)15-22(30)27-16-23(31)28(17-27)20-11-9-19(25)10-12-20/h4-12H,13-17H2,1-3H3. The summed E-state index contributed by atoms with van der Waals surface area (Å²) in [5, 5.41) is 0.581. The van der Waals surface area contributed by atoms with Gasteiger partial charge in [0, 0.05) is 23.7 Å². The van der Waals surface area contributed by atoms with Crippen LogP contribution < -0.4 is 4.90 Å². The highest BCUT2D eigenvalue weighted by Crippen LogP contribution is 2.23. The third-order valence-corrected chi connectivity index (χ3v) is 5.26. The first kappa shape index (κ1) is 22.8. The van der Waals surface area contributed by atoms with E-state index in [-0.39, 0.29) is 42.9 Å². The van der Waals surface area contributed by atoms with Gasteiger partial charge in [0.1, 0.15) is 19.8 Å². The van der Waals surface area contributed by atoms with Gasteiger partial charge in [-0.05, 0) is 35.2 Å². The Morgan fingerprint density at radius 3 is 2.29 bits per heavy atom. The van der Waals surface area contributed by atoms with Crippen LogP contribution >= 0.6 is 11.6 Å². The second-order valence-electron chi connectivity index (χ2n) is 9.00. The average Bonchev–Trinajstić information content (AvgIpc) is 3.09. The lowest BCUT2D eigenvalue weighted by Crippen LogP contribution is -2.43. The van der Waals surface area contributed by atoms with E-state index in [9.17, 15) is 14.4 Å². The van der Waals surface area contributed by atoms with Gasteiger partial charge in [-0.25, -0.2) is 0 Å². The summed E-state index contributed by atoms with van der Waals surface area (Å²) in [7, 11) is 0. The summed E-state index contributed by atoms with van der Waals surface area (Å²) in [6, 6.07) is 16.5. The molecule has 1 fully saturated rings. The molecule has 0 saturated carbocycles. The molecule has 0 aliphatic carbocycles. The molecule has 0 atom stereocenters. The van der Waals surface area contributed by atoms with E-state index < -0.39 is 0 Å². The molecule has 0 N–H and O–H groups in total. The van der Waals surface area contributed by atoms with Crippen molar-refractivity contribution < 1.29 is 14.4 Å². The van der Waals surface area contributed by atoms with Crippen LogP contribution in [-0.2, 0) is 20.9 Å². The highest BCUT2D eigenvalue weighted by Gasteiger charge is 2.33. The molecular formula is C24H28ClN3O3. The van der Waals surface area contributed by atoms with Crippen LogP contribution in [0.3, 0.4) is 0 Å². The predicted octanol–water partition coefficient (Wildman–Crippen LogP) is 3.94. The summed E-state index contributed by atoms with van der Waals surface area (Å²) in [4.78, 5) is 43.1. The fraction of sp³-hybridized carbons (Fsp3) is 0.375. The largest absolute Gasteiger partial charge is 0.329 e. The molecule has 1 aliphatic heterocycles. The Morgan fingerprint density at radius 1 is 1.03 bits per heavy atom. The Bertz CT molecular complexity index is 939. The van der Waals surface area contributed by atoms with Crippen LogP contribution in [0.25, 0.3) is 0 Å². The maximum Gasteiger partial charge on any atom is 0.248 e. The summed E-state index contributed by atoms with van der Waals surface area (Å²) in [5.74, 6) is -0.487. The van der Waals surface area contributed by atoms with Crippen LogP contribution in [-0.4, -0.2) is 47.3 Å². The number of anilines is 1. The van der Waals surface area contributed by atoms with Crippen molar-refractivity contribution in [1.29, 1.82) is 0 Å². The Labute approximate surface area is 188 Å². The molecule has 0 unspecified atom stereocenters. The fourth-order valence-corrected chi connectivity index (χ4v) is 3.55. The molecule has 0 aromatic heterocycles. The number of rotatable bonds is 6. The van der Waals surface area contributed by atoms with Crippen molar-refractivity contribution in [3.8, 4) is 0 Å². The topological polar surface area (TPSA) is 60.9 Å². The molecular weight excluding hydrogens is 414 g/mol. The zero-order valence-electron chi connectivity index (χ0n) is 18.2. The highest BCUT2D eigenvalue weighted by atomic mass is 35.5. The van der Waals surface area contributed by atoms with Gasteiger partial charge in [-0.15, -0.1) is 0 Å². The fourth-order valence-electron chi connectivity index (χ4n) is 3.43. The van der Waals surface area contributed by atoms with Crippen LogP contribution in [0.4, 0.5) is 5.69 Å². The minimum absolute atomic E-state index is 0.00586. The molecule has 0 bridgehead atoms. The SMILES string of the molecule is CC(C)(C)CC(=O)N(CC(=O)N1CC(=O)N(c2ccc(Cl)cc2)C1)Cc1ccccc1. The Hall–Kier alpha value is -2.86. The second-order valence-corrected chi connectivity index (χ2v) is 9.44. The zero-order valence-corrected chi connectivity index (χ0v) is 18.9. The van der Waals surface area contributed by atoms with E-state index >= 15 is 0 Å². The first-order chi connectivity index (χ1) is 14.6. The minimum Gasteiger partial charge on any atom is -0.329 e. The average molecular weight is 442 g/mol. The van der Waals surface area contributed by atoms with E-state index in [1.165, 1.54) is 4.90 Å². The summed E-state index contributed by atoms with van der Waals surface area (Å²) in [6.45, 7) is 6.43. The Kier molecular flexibility index (Phi) is 7.01. The van der Waals surface area contributed by atoms with Crippen LogP contribution in [0, 0.1) is 5.41 Å².